The number of hydrogen-bond acceptors (Lipinski definition) is 4. The number of aromatic amines is 1. The van der Waals surface area contributed by atoms with Crippen LogP contribution in [0.25, 0.3) is 11.3 Å². The van der Waals surface area contributed by atoms with Crippen molar-refractivity contribution in [2.45, 2.75) is 57.3 Å². The minimum Gasteiger partial charge on any atom is -0.384 e. The lowest BCUT2D eigenvalue weighted by atomic mass is 9.76. The van der Waals surface area contributed by atoms with Gasteiger partial charge in [0.15, 0.2) is 0 Å². The van der Waals surface area contributed by atoms with E-state index >= 15 is 0 Å². The Labute approximate surface area is 213 Å². The number of carbonyl (C=O) groups excluding carboxylic acids is 1. The molecular weight excluding hydrogens is 448 g/mol. The molecule has 0 bridgehead atoms. The van der Waals surface area contributed by atoms with Gasteiger partial charge in [0, 0.05) is 37.7 Å². The number of hydrogen-bond donors (Lipinski definition) is 1. The fourth-order valence-corrected chi connectivity index (χ4v) is 5.59. The van der Waals surface area contributed by atoms with Gasteiger partial charge in [-0.15, -0.1) is 0 Å². The summed E-state index contributed by atoms with van der Waals surface area (Å²) in [6, 6.07) is 14.5. The lowest BCUT2D eigenvalue weighted by Gasteiger charge is -2.33. The molecule has 2 aliphatic rings. The van der Waals surface area contributed by atoms with Crippen LogP contribution in [-0.4, -0.2) is 47.6 Å². The zero-order chi connectivity index (χ0) is 25.1. The van der Waals surface area contributed by atoms with E-state index in [1.807, 2.05) is 29.3 Å². The van der Waals surface area contributed by atoms with Crippen LogP contribution >= 0.6 is 0 Å². The van der Waals surface area contributed by atoms with E-state index in [-0.39, 0.29) is 5.91 Å². The summed E-state index contributed by atoms with van der Waals surface area (Å²) in [7, 11) is 1.70. The van der Waals surface area contributed by atoms with Crippen molar-refractivity contribution < 1.29 is 9.53 Å². The number of ether oxygens (including phenoxy) is 1. The molecule has 5 rings (SSSR count). The summed E-state index contributed by atoms with van der Waals surface area (Å²) in [5, 5.41) is 9.49. The Hall–Kier alpha value is -3.43. The monoisotopic (exact) mass is 482 g/mol. The molecule has 2 heterocycles. The smallest absolute Gasteiger partial charge is 0.254 e. The van der Waals surface area contributed by atoms with E-state index in [1.165, 1.54) is 24.8 Å². The molecular formula is C30H34N4O2. The van der Waals surface area contributed by atoms with E-state index in [4.69, 9.17) is 4.74 Å². The molecule has 1 aliphatic heterocycles. The lowest BCUT2D eigenvalue weighted by Crippen LogP contribution is -2.38. The predicted octanol–water partition coefficient (Wildman–Crippen LogP) is 5.73. The zero-order valence-electron chi connectivity index (χ0n) is 21.2. The van der Waals surface area contributed by atoms with Gasteiger partial charge in [-0.3, -0.25) is 4.79 Å². The number of nitrogens with zero attached hydrogens (tertiary/aromatic N) is 3. The molecule has 1 aromatic heterocycles. The number of nitrogens with one attached hydrogen (secondary N) is 1. The summed E-state index contributed by atoms with van der Waals surface area (Å²) in [5.74, 6) is 1.86. The van der Waals surface area contributed by atoms with Crippen LogP contribution in [0.4, 0.5) is 0 Å². The first kappa shape index (κ1) is 24.3. The molecule has 1 amide bonds. The van der Waals surface area contributed by atoms with Gasteiger partial charge >= 0.3 is 0 Å². The van der Waals surface area contributed by atoms with Crippen molar-refractivity contribution in [1.29, 1.82) is 5.26 Å². The molecule has 0 spiro atoms. The predicted molar refractivity (Wildman–Crippen MR) is 140 cm³/mol. The third kappa shape index (κ3) is 4.81. The average molecular weight is 483 g/mol. The van der Waals surface area contributed by atoms with Gasteiger partial charge in [0.2, 0.25) is 0 Å². The van der Waals surface area contributed by atoms with Crippen molar-refractivity contribution in [3.05, 3.63) is 76.2 Å². The maximum Gasteiger partial charge on any atom is 0.254 e. The number of nitriles is 1. The highest BCUT2D eigenvalue weighted by atomic mass is 16.5. The largest absolute Gasteiger partial charge is 0.384 e. The lowest BCUT2D eigenvalue weighted by molar-refractivity contribution is 0.0712. The molecule has 2 aromatic carbocycles. The quantitative estimate of drug-likeness (QED) is 0.466. The third-order valence-corrected chi connectivity index (χ3v) is 7.94. The van der Waals surface area contributed by atoms with Crippen LogP contribution in [0, 0.1) is 18.3 Å². The molecule has 36 heavy (non-hydrogen) atoms. The Morgan fingerprint density at radius 2 is 1.89 bits per heavy atom. The molecule has 1 saturated heterocycles. The van der Waals surface area contributed by atoms with E-state index in [0.717, 1.165) is 58.6 Å². The number of carbonyl (C=O) groups is 1. The molecule has 6 heteroatoms. The molecule has 0 radical (unpaired) electrons. The topological polar surface area (TPSA) is 82.0 Å². The Kier molecular flexibility index (Phi) is 7.20. The molecule has 1 aliphatic carbocycles. The van der Waals surface area contributed by atoms with E-state index in [9.17, 15) is 10.1 Å². The minimum absolute atomic E-state index is 0.0973. The van der Waals surface area contributed by atoms with Gasteiger partial charge in [-0.05, 0) is 73.3 Å². The van der Waals surface area contributed by atoms with Gasteiger partial charge in [0.25, 0.3) is 5.91 Å². The van der Waals surface area contributed by atoms with Crippen LogP contribution in [0.2, 0.25) is 0 Å². The van der Waals surface area contributed by atoms with Gasteiger partial charge in [-0.25, -0.2) is 4.98 Å². The van der Waals surface area contributed by atoms with Crippen LogP contribution < -0.4 is 0 Å². The number of methoxy groups -OCH3 is 1. The first-order valence-corrected chi connectivity index (χ1v) is 13.0. The number of H-pyrrole nitrogens is 1. The van der Waals surface area contributed by atoms with Gasteiger partial charge < -0.3 is 14.6 Å². The Morgan fingerprint density at radius 3 is 2.58 bits per heavy atom. The third-order valence-electron chi connectivity index (χ3n) is 7.94. The Bertz CT molecular complexity index is 1280. The van der Waals surface area contributed by atoms with E-state index in [1.54, 1.807) is 7.11 Å². The number of piperidine rings is 1. The molecule has 0 unspecified atom stereocenters. The van der Waals surface area contributed by atoms with Crippen LogP contribution in [-0.2, 0) is 11.2 Å². The number of imidazole rings is 1. The number of rotatable bonds is 7. The zero-order valence-corrected chi connectivity index (χ0v) is 21.2. The molecule has 186 valence electrons. The fourth-order valence-electron chi connectivity index (χ4n) is 5.59. The van der Waals surface area contributed by atoms with Gasteiger partial charge in [0.05, 0.1) is 30.1 Å². The molecule has 6 nitrogen and oxygen atoms in total. The molecule has 0 atom stereocenters. The second kappa shape index (κ2) is 10.7. The van der Waals surface area contributed by atoms with Crippen molar-refractivity contribution >= 4 is 5.91 Å². The molecule has 2 fully saturated rings. The van der Waals surface area contributed by atoms with Crippen LogP contribution in [0.5, 0.6) is 0 Å². The maximum atomic E-state index is 13.7. The SMILES string of the molecule is COCCc1ncc(-c2cc(C(=O)N3CCC(c4ccccc4C#N)CC3)c(C)cc2C2CCC2)[nH]1. The Balaban J connectivity index is 1.38. The Morgan fingerprint density at radius 1 is 1.14 bits per heavy atom. The van der Waals surface area contributed by atoms with Gasteiger partial charge in [-0.2, -0.15) is 5.26 Å². The number of aromatic nitrogens is 2. The summed E-state index contributed by atoms with van der Waals surface area (Å²) in [5.41, 5.74) is 7.08. The second-order valence-electron chi connectivity index (χ2n) is 10.1. The first-order chi connectivity index (χ1) is 17.6. The van der Waals surface area contributed by atoms with Crippen molar-refractivity contribution in [2.24, 2.45) is 0 Å². The number of benzene rings is 2. The number of aryl methyl sites for hydroxylation is 1. The van der Waals surface area contributed by atoms with Crippen molar-refractivity contribution in [3.8, 4) is 17.3 Å². The highest BCUT2D eigenvalue weighted by Crippen LogP contribution is 2.42. The molecule has 3 aromatic rings. The highest BCUT2D eigenvalue weighted by molar-refractivity contribution is 5.97. The van der Waals surface area contributed by atoms with E-state index in [0.29, 0.717) is 31.5 Å². The van der Waals surface area contributed by atoms with Crippen LogP contribution in [0.1, 0.15) is 82.4 Å². The number of amides is 1. The van der Waals surface area contributed by atoms with Gasteiger partial charge in [0.1, 0.15) is 5.82 Å². The fraction of sp³-hybridized carbons (Fsp3) is 0.433. The summed E-state index contributed by atoms with van der Waals surface area (Å²) in [4.78, 5) is 23.7. The number of likely N-dealkylation sites (tertiary alicyclic amines) is 1. The molecule has 1 N–H and O–H groups in total. The second-order valence-corrected chi connectivity index (χ2v) is 10.1. The normalized spacial score (nSPS) is 16.5. The van der Waals surface area contributed by atoms with Crippen molar-refractivity contribution in [2.75, 3.05) is 26.8 Å². The van der Waals surface area contributed by atoms with Crippen molar-refractivity contribution in [3.63, 3.8) is 0 Å². The van der Waals surface area contributed by atoms with Crippen LogP contribution in [0.3, 0.4) is 0 Å². The summed E-state index contributed by atoms with van der Waals surface area (Å²) in [6.45, 7) is 4.09. The summed E-state index contributed by atoms with van der Waals surface area (Å²) in [6.07, 6.45) is 8.03. The van der Waals surface area contributed by atoms with Gasteiger partial charge in [-0.1, -0.05) is 30.7 Å². The average Bonchev–Trinajstić information content (AvgIpc) is 3.35. The first-order valence-electron chi connectivity index (χ1n) is 13.0. The van der Waals surface area contributed by atoms with E-state index < -0.39 is 0 Å². The van der Waals surface area contributed by atoms with E-state index in [2.05, 4.69) is 41.2 Å². The van der Waals surface area contributed by atoms with Crippen molar-refractivity contribution in [1.82, 2.24) is 14.9 Å². The summed E-state index contributed by atoms with van der Waals surface area (Å²) >= 11 is 0. The standard InChI is InChI=1S/C30H34N4O2/c1-20-16-26(21-7-5-8-21)27(28-19-32-29(33-28)12-15-36-2)17-25(20)30(35)34-13-10-22(11-14-34)24-9-4-3-6-23(24)18-31/h3-4,6,9,16-17,19,21-22H,5,7-8,10-15H2,1-2H3,(H,32,33). The highest BCUT2D eigenvalue weighted by Gasteiger charge is 2.29. The molecule has 1 saturated carbocycles. The maximum absolute atomic E-state index is 13.7. The summed E-state index contributed by atoms with van der Waals surface area (Å²) < 4.78 is 5.21. The van der Waals surface area contributed by atoms with Crippen LogP contribution in [0.15, 0.2) is 42.6 Å². The minimum atomic E-state index is 0.0973.